The molecule has 200 valence electrons. The Kier molecular flexibility index (Phi) is 8.85. The highest BCUT2D eigenvalue weighted by molar-refractivity contribution is 6.30. The van der Waals surface area contributed by atoms with Crippen LogP contribution in [0, 0.1) is 5.41 Å². The van der Waals surface area contributed by atoms with Gasteiger partial charge in [-0.3, -0.25) is 14.5 Å². The first-order valence-electron chi connectivity index (χ1n) is 13.0. The van der Waals surface area contributed by atoms with Crippen molar-refractivity contribution in [2.75, 3.05) is 26.3 Å². The summed E-state index contributed by atoms with van der Waals surface area (Å²) in [5, 5.41) is 11.1. The number of carboxylic acid groups (broad SMARTS) is 1. The number of benzene rings is 2. The predicted octanol–water partition coefficient (Wildman–Crippen LogP) is 6.03. The monoisotopic (exact) mass is 546 g/mol. The summed E-state index contributed by atoms with van der Waals surface area (Å²) < 4.78 is 5.65. The molecule has 5 atom stereocenters. The summed E-state index contributed by atoms with van der Waals surface area (Å²) in [5.74, 6) is -1.22. The lowest BCUT2D eigenvalue weighted by atomic mass is 9.67. The molecule has 2 aliphatic rings. The Hall–Kier alpha value is -2.12. The molecule has 1 N–H and O–H groups in total. The van der Waals surface area contributed by atoms with Crippen LogP contribution in [0.25, 0.3) is 0 Å². The fraction of sp³-hybridized carbons (Fsp3) is 0.517. The van der Waals surface area contributed by atoms with Crippen LogP contribution in [0.3, 0.4) is 0 Å². The first kappa shape index (κ1) is 27.9. The van der Waals surface area contributed by atoms with E-state index in [0.717, 1.165) is 24.1 Å². The number of nitrogens with zero attached hydrogens (tertiary/aromatic N) is 2. The predicted molar refractivity (Wildman–Crippen MR) is 146 cm³/mol. The lowest BCUT2D eigenvalue weighted by molar-refractivity contribution is -0.161. The molecule has 0 saturated carbocycles. The summed E-state index contributed by atoms with van der Waals surface area (Å²) in [6.07, 6.45) is 0.926. The molecule has 0 aromatic heterocycles. The average Bonchev–Trinajstić information content (AvgIpc) is 2.85. The maximum absolute atomic E-state index is 14.4. The van der Waals surface area contributed by atoms with Gasteiger partial charge in [-0.1, -0.05) is 61.3 Å². The van der Waals surface area contributed by atoms with E-state index in [1.807, 2.05) is 53.4 Å². The maximum Gasteiger partial charge on any atom is 0.304 e. The molecule has 0 bridgehead atoms. The van der Waals surface area contributed by atoms with Crippen molar-refractivity contribution in [2.24, 2.45) is 5.41 Å². The number of piperidine rings is 1. The summed E-state index contributed by atoms with van der Waals surface area (Å²) >= 11 is 12.7. The van der Waals surface area contributed by atoms with Gasteiger partial charge in [0.25, 0.3) is 0 Å². The van der Waals surface area contributed by atoms with E-state index >= 15 is 0 Å². The number of hydrogen-bond acceptors (Lipinski definition) is 4. The molecule has 2 fully saturated rings. The van der Waals surface area contributed by atoms with Gasteiger partial charge in [0.05, 0.1) is 31.1 Å². The summed E-state index contributed by atoms with van der Waals surface area (Å²) in [6.45, 7) is 8.86. The maximum atomic E-state index is 14.4. The number of amides is 1. The van der Waals surface area contributed by atoms with E-state index in [2.05, 4.69) is 18.7 Å². The highest BCUT2D eigenvalue weighted by Gasteiger charge is 2.52. The van der Waals surface area contributed by atoms with Crippen LogP contribution in [0.4, 0.5) is 0 Å². The Balaban J connectivity index is 1.85. The molecular formula is C29H36Cl2N2O4. The van der Waals surface area contributed by atoms with Crippen LogP contribution in [0.15, 0.2) is 48.5 Å². The quantitative estimate of drug-likeness (QED) is 0.437. The fourth-order valence-corrected chi connectivity index (χ4v) is 6.32. The van der Waals surface area contributed by atoms with Gasteiger partial charge in [0.1, 0.15) is 0 Å². The number of carboxylic acids is 1. The highest BCUT2D eigenvalue weighted by atomic mass is 35.5. The molecule has 6 nitrogen and oxygen atoms in total. The van der Waals surface area contributed by atoms with Gasteiger partial charge in [0, 0.05) is 41.1 Å². The third kappa shape index (κ3) is 6.14. The number of hydrogen-bond donors (Lipinski definition) is 1. The van der Waals surface area contributed by atoms with Crippen molar-refractivity contribution in [3.8, 4) is 0 Å². The summed E-state index contributed by atoms with van der Waals surface area (Å²) in [4.78, 5) is 30.7. The minimum absolute atomic E-state index is 0.108. The van der Waals surface area contributed by atoms with Crippen molar-refractivity contribution in [1.82, 2.24) is 9.80 Å². The Morgan fingerprint density at radius 2 is 1.89 bits per heavy atom. The van der Waals surface area contributed by atoms with E-state index < -0.39 is 11.4 Å². The lowest BCUT2D eigenvalue weighted by Gasteiger charge is -2.53. The van der Waals surface area contributed by atoms with Crippen molar-refractivity contribution < 1.29 is 19.4 Å². The van der Waals surface area contributed by atoms with Gasteiger partial charge < -0.3 is 14.7 Å². The van der Waals surface area contributed by atoms with E-state index in [1.54, 1.807) is 6.92 Å². The van der Waals surface area contributed by atoms with E-state index in [1.165, 1.54) is 0 Å². The second-order valence-electron chi connectivity index (χ2n) is 10.7. The van der Waals surface area contributed by atoms with Crippen molar-refractivity contribution in [3.05, 3.63) is 69.7 Å². The molecule has 8 heteroatoms. The molecule has 0 spiro atoms. The van der Waals surface area contributed by atoms with Crippen molar-refractivity contribution in [1.29, 1.82) is 0 Å². The minimum atomic E-state index is -1.05. The van der Waals surface area contributed by atoms with Crippen LogP contribution >= 0.6 is 23.2 Å². The highest BCUT2D eigenvalue weighted by Crippen LogP contribution is 2.52. The third-order valence-electron chi connectivity index (χ3n) is 7.95. The molecule has 2 unspecified atom stereocenters. The molecular weight excluding hydrogens is 511 g/mol. The number of carbonyl (C=O) groups excluding carboxylic acids is 1. The van der Waals surface area contributed by atoms with Gasteiger partial charge in [-0.2, -0.15) is 0 Å². The Labute approximate surface area is 229 Å². The number of aliphatic carboxylic acids is 1. The van der Waals surface area contributed by atoms with E-state index in [9.17, 15) is 14.7 Å². The van der Waals surface area contributed by atoms with E-state index in [0.29, 0.717) is 36.2 Å². The zero-order valence-electron chi connectivity index (χ0n) is 21.7. The minimum Gasteiger partial charge on any atom is -0.481 e. The fourth-order valence-electron chi connectivity index (χ4n) is 6.00. The Morgan fingerprint density at radius 1 is 1.16 bits per heavy atom. The van der Waals surface area contributed by atoms with Crippen LogP contribution in [-0.2, 0) is 14.3 Å². The molecule has 2 aromatic carbocycles. The first-order valence-corrected chi connectivity index (χ1v) is 13.8. The number of likely N-dealkylation sites (tertiary alicyclic amines) is 1. The smallest absolute Gasteiger partial charge is 0.304 e. The second-order valence-corrected chi connectivity index (χ2v) is 11.6. The molecule has 4 rings (SSSR count). The lowest BCUT2D eigenvalue weighted by Crippen LogP contribution is -2.59. The normalized spacial score (nSPS) is 27.8. The zero-order chi connectivity index (χ0) is 26.7. The Morgan fingerprint density at radius 3 is 2.51 bits per heavy atom. The van der Waals surface area contributed by atoms with E-state index in [-0.39, 0.29) is 36.4 Å². The summed E-state index contributed by atoms with van der Waals surface area (Å²) in [6, 6.07) is 15.2. The standard InChI is InChI=1S/C29H36Cl2N2O4/c1-4-24(17-32-12-13-37-18-19(32)2)33-27(20-8-10-22(30)11-9-20)25(21-6-5-7-23(31)14-21)15-29(3,28(33)36)16-26(34)35/h5-11,14,19,24-25,27H,4,12-13,15-18H2,1-3H3,(H,34,35)/t19?,24?,25-,27-,29-/m1/s1. The van der Waals surface area contributed by atoms with Gasteiger partial charge in [-0.05, 0) is 55.2 Å². The average molecular weight is 548 g/mol. The number of halogens is 2. The van der Waals surface area contributed by atoms with Gasteiger partial charge in [0.2, 0.25) is 5.91 Å². The van der Waals surface area contributed by atoms with Gasteiger partial charge >= 0.3 is 5.97 Å². The number of ether oxygens (including phenoxy) is 1. The third-order valence-corrected chi connectivity index (χ3v) is 8.43. The van der Waals surface area contributed by atoms with Crippen molar-refractivity contribution >= 4 is 35.1 Å². The molecule has 37 heavy (non-hydrogen) atoms. The van der Waals surface area contributed by atoms with Crippen LogP contribution in [0.1, 0.15) is 63.1 Å². The molecule has 0 aliphatic carbocycles. The number of carbonyl (C=O) groups is 2. The first-order chi connectivity index (χ1) is 17.6. The van der Waals surface area contributed by atoms with E-state index in [4.69, 9.17) is 27.9 Å². The molecule has 2 saturated heterocycles. The SMILES string of the molecule is CCC(CN1CCOCC1C)N1C(=O)[C@@](C)(CC(=O)O)C[C@H](c2cccc(Cl)c2)[C@H]1c1ccc(Cl)cc1. The number of morpholine rings is 1. The van der Waals surface area contributed by atoms with Gasteiger partial charge in [-0.15, -0.1) is 0 Å². The van der Waals surface area contributed by atoms with Gasteiger partial charge in [-0.25, -0.2) is 0 Å². The van der Waals surface area contributed by atoms with Crippen molar-refractivity contribution in [2.45, 2.75) is 64.1 Å². The van der Waals surface area contributed by atoms with Crippen LogP contribution in [-0.4, -0.2) is 65.2 Å². The number of rotatable bonds is 8. The van der Waals surface area contributed by atoms with Crippen LogP contribution in [0.5, 0.6) is 0 Å². The van der Waals surface area contributed by atoms with Gasteiger partial charge in [0.15, 0.2) is 0 Å². The molecule has 2 aliphatic heterocycles. The topological polar surface area (TPSA) is 70.1 Å². The summed E-state index contributed by atoms with van der Waals surface area (Å²) in [5.41, 5.74) is 0.927. The Bertz CT molecular complexity index is 1110. The molecule has 2 heterocycles. The molecule has 2 aromatic rings. The van der Waals surface area contributed by atoms with Crippen LogP contribution in [0.2, 0.25) is 10.0 Å². The van der Waals surface area contributed by atoms with Crippen molar-refractivity contribution in [3.63, 3.8) is 0 Å². The van der Waals surface area contributed by atoms with Crippen LogP contribution < -0.4 is 0 Å². The second kappa shape index (κ2) is 11.7. The molecule has 0 radical (unpaired) electrons. The zero-order valence-corrected chi connectivity index (χ0v) is 23.2. The summed E-state index contributed by atoms with van der Waals surface area (Å²) in [7, 11) is 0. The molecule has 1 amide bonds. The largest absolute Gasteiger partial charge is 0.481 e.